The van der Waals surface area contributed by atoms with Crippen LogP contribution in [0.1, 0.15) is 5.56 Å². The summed E-state index contributed by atoms with van der Waals surface area (Å²) in [6.45, 7) is 0.650. The number of carbonyl (C=O) groups is 1. The van der Waals surface area contributed by atoms with Crippen molar-refractivity contribution in [3.05, 3.63) is 89.4 Å². The first-order valence-electron chi connectivity index (χ1n) is 8.76. The Bertz CT molecular complexity index is 884. The van der Waals surface area contributed by atoms with Gasteiger partial charge in [-0.1, -0.05) is 66.2 Å². The number of rotatable bonds is 8. The minimum atomic E-state index is -0.172. The molecule has 0 saturated heterocycles. The van der Waals surface area contributed by atoms with Crippen molar-refractivity contribution in [2.45, 2.75) is 6.42 Å². The van der Waals surface area contributed by atoms with Crippen molar-refractivity contribution in [1.82, 2.24) is 0 Å². The number of amides is 1. The van der Waals surface area contributed by atoms with Gasteiger partial charge in [-0.25, -0.2) is 0 Å². The van der Waals surface area contributed by atoms with Crippen LogP contribution in [0.2, 0.25) is 5.02 Å². The predicted octanol–water partition coefficient (Wildman–Crippen LogP) is 5.01. The molecule has 1 amide bonds. The highest BCUT2D eigenvalue weighted by Gasteiger charge is 2.08. The van der Waals surface area contributed by atoms with Gasteiger partial charge in [0.15, 0.2) is 0 Å². The zero-order chi connectivity index (χ0) is 18.9. The van der Waals surface area contributed by atoms with E-state index < -0.39 is 0 Å². The minimum absolute atomic E-state index is 0.113. The van der Waals surface area contributed by atoms with E-state index in [1.807, 2.05) is 60.7 Å². The molecule has 5 heteroatoms. The molecule has 0 atom stereocenters. The average molecular weight is 381 g/mol. The normalized spacial score (nSPS) is 10.3. The maximum absolute atomic E-state index is 12.3. The molecule has 0 bridgehead atoms. The van der Waals surface area contributed by atoms with Gasteiger partial charge in [-0.3, -0.25) is 4.79 Å². The van der Waals surface area contributed by atoms with E-state index in [0.717, 1.165) is 12.1 Å². The standard InChI is InChI=1S/C22H21ClN2O2/c23-18-10-4-5-11-19(18)24-16-22(26)25-20-12-6-7-13-21(20)27-15-14-17-8-2-1-3-9-17/h1-13,24H,14-16H2,(H,25,26). The number of ether oxygens (including phenoxy) is 1. The minimum Gasteiger partial charge on any atom is -0.491 e. The fourth-order valence-electron chi connectivity index (χ4n) is 2.59. The van der Waals surface area contributed by atoms with Crippen molar-refractivity contribution in [3.8, 4) is 5.75 Å². The first-order valence-corrected chi connectivity index (χ1v) is 9.14. The number of hydrogen-bond acceptors (Lipinski definition) is 3. The first-order chi connectivity index (χ1) is 13.2. The van der Waals surface area contributed by atoms with Crippen LogP contribution in [-0.2, 0) is 11.2 Å². The van der Waals surface area contributed by atoms with Crippen LogP contribution in [0.25, 0.3) is 0 Å². The second kappa shape index (κ2) is 9.64. The van der Waals surface area contributed by atoms with Crippen LogP contribution in [0.15, 0.2) is 78.9 Å². The molecule has 4 nitrogen and oxygen atoms in total. The summed E-state index contributed by atoms with van der Waals surface area (Å²) in [6, 6.07) is 24.9. The number of hydrogen-bond donors (Lipinski definition) is 2. The van der Waals surface area contributed by atoms with Crippen LogP contribution < -0.4 is 15.4 Å². The Morgan fingerprint density at radius 1 is 0.852 bits per heavy atom. The van der Waals surface area contributed by atoms with E-state index in [-0.39, 0.29) is 12.5 Å². The lowest BCUT2D eigenvalue weighted by molar-refractivity contribution is -0.114. The maximum Gasteiger partial charge on any atom is 0.243 e. The topological polar surface area (TPSA) is 50.4 Å². The maximum atomic E-state index is 12.3. The van der Waals surface area contributed by atoms with Gasteiger partial charge < -0.3 is 15.4 Å². The monoisotopic (exact) mass is 380 g/mol. The molecular weight excluding hydrogens is 360 g/mol. The summed E-state index contributed by atoms with van der Waals surface area (Å²) in [7, 11) is 0. The molecule has 27 heavy (non-hydrogen) atoms. The van der Waals surface area contributed by atoms with E-state index in [0.29, 0.717) is 23.1 Å². The molecule has 0 aromatic heterocycles. The van der Waals surface area contributed by atoms with Crippen LogP contribution >= 0.6 is 11.6 Å². The molecule has 138 valence electrons. The average Bonchev–Trinajstić information content (AvgIpc) is 2.69. The smallest absolute Gasteiger partial charge is 0.243 e. The van der Waals surface area contributed by atoms with Gasteiger partial charge in [0.25, 0.3) is 0 Å². The molecule has 0 aliphatic rings. The van der Waals surface area contributed by atoms with Gasteiger partial charge in [0, 0.05) is 6.42 Å². The Morgan fingerprint density at radius 3 is 2.30 bits per heavy atom. The molecule has 3 aromatic rings. The Hall–Kier alpha value is -2.98. The summed E-state index contributed by atoms with van der Waals surface area (Å²) in [5.74, 6) is 0.480. The SMILES string of the molecule is O=C(CNc1ccccc1Cl)Nc1ccccc1OCCc1ccccc1. The molecule has 0 unspecified atom stereocenters. The van der Waals surface area contributed by atoms with Gasteiger partial charge in [0.1, 0.15) is 5.75 Å². The Balaban J connectivity index is 1.53. The number of halogens is 1. The Labute approximate surface area is 164 Å². The quantitative estimate of drug-likeness (QED) is 0.577. The van der Waals surface area contributed by atoms with E-state index >= 15 is 0 Å². The zero-order valence-electron chi connectivity index (χ0n) is 14.8. The molecule has 0 fully saturated rings. The summed E-state index contributed by atoms with van der Waals surface area (Å²) in [6.07, 6.45) is 0.803. The molecule has 0 aliphatic heterocycles. The van der Waals surface area contributed by atoms with Gasteiger partial charge in [0.05, 0.1) is 29.5 Å². The molecule has 0 saturated carbocycles. The Morgan fingerprint density at radius 2 is 1.52 bits per heavy atom. The molecule has 0 spiro atoms. The second-order valence-electron chi connectivity index (χ2n) is 5.96. The molecule has 0 aliphatic carbocycles. The number of para-hydroxylation sites is 3. The van der Waals surface area contributed by atoms with Crippen LogP contribution in [0.4, 0.5) is 11.4 Å². The Kier molecular flexibility index (Phi) is 6.72. The van der Waals surface area contributed by atoms with Gasteiger partial charge in [0.2, 0.25) is 5.91 Å². The highest BCUT2D eigenvalue weighted by Crippen LogP contribution is 2.24. The summed E-state index contributed by atoms with van der Waals surface area (Å²) < 4.78 is 5.87. The lowest BCUT2D eigenvalue weighted by Gasteiger charge is -2.13. The van der Waals surface area contributed by atoms with Gasteiger partial charge in [-0.15, -0.1) is 0 Å². The summed E-state index contributed by atoms with van der Waals surface area (Å²) in [5, 5.41) is 6.49. The van der Waals surface area contributed by atoms with E-state index in [9.17, 15) is 4.79 Å². The molecule has 2 N–H and O–H groups in total. The van der Waals surface area contributed by atoms with Gasteiger partial charge >= 0.3 is 0 Å². The van der Waals surface area contributed by atoms with Crippen molar-refractivity contribution in [2.75, 3.05) is 23.8 Å². The highest BCUT2D eigenvalue weighted by molar-refractivity contribution is 6.33. The molecule has 3 aromatic carbocycles. The van der Waals surface area contributed by atoms with Crippen molar-refractivity contribution in [3.63, 3.8) is 0 Å². The molecule has 0 heterocycles. The highest BCUT2D eigenvalue weighted by atomic mass is 35.5. The third kappa shape index (κ3) is 5.76. The van der Waals surface area contributed by atoms with Crippen LogP contribution in [0.5, 0.6) is 5.75 Å². The molecule has 0 radical (unpaired) electrons. The van der Waals surface area contributed by atoms with Crippen molar-refractivity contribution >= 4 is 28.9 Å². The first kappa shape index (κ1) is 18.8. The van der Waals surface area contributed by atoms with Crippen LogP contribution in [-0.4, -0.2) is 19.1 Å². The van der Waals surface area contributed by atoms with E-state index in [2.05, 4.69) is 22.8 Å². The lowest BCUT2D eigenvalue weighted by Crippen LogP contribution is -2.22. The zero-order valence-corrected chi connectivity index (χ0v) is 15.6. The van der Waals surface area contributed by atoms with Crippen molar-refractivity contribution in [2.24, 2.45) is 0 Å². The van der Waals surface area contributed by atoms with Gasteiger partial charge in [-0.05, 0) is 29.8 Å². The predicted molar refractivity (Wildman–Crippen MR) is 111 cm³/mol. The largest absolute Gasteiger partial charge is 0.491 e. The van der Waals surface area contributed by atoms with E-state index in [1.165, 1.54) is 5.56 Å². The molecule has 3 rings (SSSR count). The lowest BCUT2D eigenvalue weighted by atomic mass is 10.2. The summed E-state index contributed by atoms with van der Waals surface area (Å²) in [5.41, 5.74) is 2.58. The number of nitrogens with one attached hydrogen (secondary N) is 2. The van der Waals surface area contributed by atoms with Gasteiger partial charge in [-0.2, -0.15) is 0 Å². The van der Waals surface area contributed by atoms with Crippen LogP contribution in [0.3, 0.4) is 0 Å². The third-order valence-electron chi connectivity index (χ3n) is 3.97. The third-order valence-corrected chi connectivity index (χ3v) is 4.30. The van der Waals surface area contributed by atoms with E-state index in [1.54, 1.807) is 6.07 Å². The summed E-state index contributed by atoms with van der Waals surface area (Å²) >= 11 is 6.09. The number of carbonyl (C=O) groups excluding carboxylic acids is 1. The van der Waals surface area contributed by atoms with Crippen LogP contribution in [0, 0.1) is 0 Å². The molecular formula is C22H21ClN2O2. The second-order valence-corrected chi connectivity index (χ2v) is 6.37. The van der Waals surface area contributed by atoms with Crippen molar-refractivity contribution < 1.29 is 9.53 Å². The summed E-state index contributed by atoms with van der Waals surface area (Å²) in [4.78, 5) is 12.3. The number of benzene rings is 3. The fourth-order valence-corrected chi connectivity index (χ4v) is 2.80. The van der Waals surface area contributed by atoms with E-state index in [4.69, 9.17) is 16.3 Å². The number of anilines is 2. The fraction of sp³-hybridized carbons (Fsp3) is 0.136. The van der Waals surface area contributed by atoms with Crippen molar-refractivity contribution in [1.29, 1.82) is 0 Å².